The normalized spacial score (nSPS) is 9.52. The Morgan fingerprint density at radius 2 is 1.35 bits per heavy atom. The average molecular weight is 354 g/mol. The quantitative estimate of drug-likeness (QED) is 0.240. The van der Waals surface area contributed by atoms with Crippen molar-refractivity contribution in [3.63, 3.8) is 0 Å². The van der Waals surface area contributed by atoms with E-state index in [0.717, 1.165) is 19.1 Å². The van der Waals surface area contributed by atoms with Crippen LogP contribution < -0.4 is 0 Å². The summed E-state index contributed by atoms with van der Waals surface area (Å²) in [7, 11) is 2.25. The van der Waals surface area contributed by atoms with Crippen molar-refractivity contribution < 1.29 is 42.9 Å². The van der Waals surface area contributed by atoms with Gasteiger partial charge in [0.05, 0.1) is 20.6 Å². The average Bonchev–Trinajstić information content (AvgIpc) is 2.51. The van der Waals surface area contributed by atoms with Crippen LogP contribution in [-0.2, 0) is 38.1 Å². The number of amides is 1. The van der Waals surface area contributed by atoms with Gasteiger partial charge in [-0.15, -0.1) is 0 Å². The molecule has 0 atom stereocenters. The molecule has 0 aliphatic heterocycles. The first-order chi connectivity index (χ1) is 10.8. The van der Waals surface area contributed by atoms with E-state index in [2.05, 4.69) is 18.9 Å². The van der Waals surface area contributed by atoms with Crippen molar-refractivity contribution >= 4 is 40.8 Å². The molecule has 0 fully saturated rings. The summed E-state index contributed by atoms with van der Waals surface area (Å²) in [5.74, 6) is -2.96. The fourth-order valence-electron chi connectivity index (χ4n) is 1.25. The van der Waals surface area contributed by atoms with Crippen LogP contribution in [0.1, 0.15) is 12.8 Å². The first-order valence-corrected chi connectivity index (χ1v) is 6.57. The van der Waals surface area contributed by atoms with Gasteiger partial charge in [0.15, 0.2) is 0 Å². The fraction of sp³-hybridized carbons (Fsp3) is 0.583. The zero-order chi connectivity index (χ0) is 17.8. The van der Waals surface area contributed by atoms with Crippen molar-refractivity contribution in [1.29, 1.82) is 0 Å². The van der Waals surface area contributed by atoms with Gasteiger partial charge in [-0.05, 0) is 0 Å². The molecule has 0 aromatic rings. The molecular formula is C12H16ClNO9. The topological polar surface area (TPSA) is 126 Å². The molecule has 23 heavy (non-hydrogen) atoms. The zero-order valence-corrected chi connectivity index (χ0v) is 13.3. The van der Waals surface area contributed by atoms with E-state index in [1.54, 1.807) is 0 Å². The number of hydrogen-bond acceptors (Lipinski definition) is 9. The van der Waals surface area contributed by atoms with Gasteiger partial charge in [0.2, 0.25) is 12.7 Å². The van der Waals surface area contributed by atoms with Crippen LogP contribution in [0.5, 0.6) is 0 Å². The largest absolute Gasteiger partial charge is 0.468 e. The van der Waals surface area contributed by atoms with E-state index in [9.17, 15) is 24.0 Å². The highest BCUT2D eigenvalue weighted by molar-refractivity contribution is 6.61. The maximum Gasteiger partial charge on any atom is 0.406 e. The van der Waals surface area contributed by atoms with E-state index >= 15 is 0 Å². The first-order valence-electron chi connectivity index (χ1n) is 6.19. The summed E-state index contributed by atoms with van der Waals surface area (Å²) in [4.78, 5) is 56.8. The summed E-state index contributed by atoms with van der Waals surface area (Å²) in [5, 5.41) is 0. The van der Waals surface area contributed by atoms with Gasteiger partial charge in [0, 0.05) is 18.0 Å². The van der Waals surface area contributed by atoms with Crippen LogP contribution in [0.25, 0.3) is 0 Å². The molecule has 0 aliphatic carbocycles. The molecule has 1 amide bonds. The predicted molar refractivity (Wildman–Crippen MR) is 73.1 cm³/mol. The number of nitrogens with zero attached hydrogens (tertiary/aromatic N) is 1. The van der Waals surface area contributed by atoms with E-state index < -0.39 is 49.1 Å². The maximum atomic E-state index is 11.9. The van der Waals surface area contributed by atoms with Gasteiger partial charge in [-0.2, -0.15) is 0 Å². The zero-order valence-electron chi connectivity index (χ0n) is 12.5. The van der Waals surface area contributed by atoms with Crippen LogP contribution in [0.15, 0.2) is 0 Å². The second-order valence-electron chi connectivity index (χ2n) is 3.92. The lowest BCUT2D eigenvalue weighted by Crippen LogP contribution is -2.40. The fourth-order valence-corrected chi connectivity index (χ4v) is 1.30. The number of hydrogen-bond donors (Lipinski definition) is 0. The molecule has 0 aromatic heterocycles. The van der Waals surface area contributed by atoms with E-state index in [4.69, 9.17) is 11.6 Å². The highest BCUT2D eigenvalue weighted by atomic mass is 35.5. The number of carbonyl (C=O) groups excluding carboxylic acids is 5. The Balaban J connectivity index is 4.41. The van der Waals surface area contributed by atoms with E-state index in [0.29, 0.717) is 0 Å². The molecule has 0 N–H and O–H groups in total. The number of esters is 3. The molecule has 0 rings (SSSR count). The SMILES string of the molecule is COC(=O)CN(CC(=O)OC)C(=O)CCC(=O)OCOC(=O)Cl. The van der Waals surface area contributed by atoms with Gasteiger partial charge >= 0.3 is 23.3 Å². The summed E-state index contributed by atoms with van der Waals surface area (Å²) < 4.78 is 17.5. The molecule has 130 valence electrons. The lowest BCUT2D eigenvalue weighted by molar-refractivity contribution is -0.154. The number of rotatable bonds is 9. The minimum atomic E-state index is -1.14. The molecule has 11 heteroatoms. The lowest BCUT2D eigenvalue weighted by Gasteiger charge is -2.19. The Kier molecular flexibility index (Phi) is 10.1. The highest BCUT2D eigenvalue weighted by Crippen LogP contribution is 2.02. The molecule has 0 heterocycles. The van der Waals surface area contributed by atoms with Crippen molar-refractivity contribution in [2.24, 2.45) is 0 Å². The van der Waals surface area contributed by atoms with E-state index in [-0.39, 0.29) is 12.8 Å². The summed E-state index contributed by atoms with van der Waals surface area (Å²) in [6.07, 6.45) is -0.681. The Labute approximate surface area is 136 Å². The molecule has 0 aromatic carbocycles. The first kappa shape index (κ1) is 20.6. The third-order valence-electron chi connectivity index (χ3n) is 2.38. The molecular weight excluding hydrogens is 338 g/mol. The van der Waals surface area contributed by atoms with Crippen molar-refractivity contribution in [2.45, 2.75) is 12.8 Å². The molecule has 0 spiro atoms. The third-order valence-corrected chi connectivity index (χ3v) is 2.49. The van der Waals surface area contributed by atoms with Gasteiger partial charge in [-0.3, -0.25) is 19.2 Å². The molecule has 0 aliphatic rings. The second-order valence-corrected chi connectivity index (χ2v) is 4.23. The van der Waals surface area contributed by atoms with Gasteiger partial charge < -0.3 is 23.8 Å². The Morgan fingerprint density at radius 3 is 1.78 bits per heavy atom. The van der Waals surface area contributed by atoms with Crippen LogP contribution in [-0.4, -0.2) is 68.2 Å². The Hall–Kier alpha value is -2.36. The second kappa shape index (κ2) is 11.2. The van der Waals surface area contributed by atoms with Crippen molar-refractivity contribution in [3.8, 4) is 0 Å². The van der Waals surface area contributed by atoms with Crippen LogP contribution in [0, 0.1) is 0 Å². The summed E-state index contributed by atoms with van der Waals surface area (Å²) >= 11 is 4.85. The number of carbonyl (C=O) groups is 5. The minimum Gasteiger partial charge on any atom is -0.468 e. The summed E-state index contributed by atoms with van der Waals surface area (Å²) in [6.45, 7) is -1.62. The Bertz CT molecular complexity index is 447. The van der Waals surface area contributed by atoms with E-state index in [1.807, 2.05) is 0 Å². The summed E-state index contributed by atoms with van der Waals surface area (Å²) in [5.41, 5.74) is -1.14. The minimum absolute atomic E-state index is 0.332. The van der Waals surface area contributed by atoms with Crippen molar-refractivity contribution in [1.82, 2.24) is 4.90 Å². The molecule has 0 radical (unpaired) electrons. The van der Waals surface area contributed by atoms with Crippen LogP contribution in [0.4, 0.5) is 4.79 Å². The van der Waals surface area contributed by atoms with Gasteiger partial charge in [-0.1, -0.05) is 0 Å². The van der Waals surface area contributed by atoms with E-state index in [1.165, 1.54) is 0 Å². The molecule has 0 saturated heterocycles. The van der Waals surface area contributed by atoms with Gasteiger partial charge in [0.25, 0.3) is 0 Å². The Morgan fingerprint density at radius 1 is 0.826 bits per heavy atom. The number of ether oxygens (including phenoxy) is 4. The number of halogens is 1. The van der Waals surface area contributed by atoms with Crippen molar-refractivity contribution in [3.05, 3.63) is 0 Å². The number of methoxy groups -OCH3 is 2. The van der Waals surface area contributed by atoms with Gasteiger partial charge in [-0.25, -0.2) is 4.79 Å². The summed E-state index contributed by atoms with van der Waals surface area (Å²) in [6, 6.07) is 0. The highest BCUT2D eigenvalue weighted by Gasteiger charge is 2.21. The molecule has 0 bridgehead atoms. The molecule has 10 nitrogen and oxygen atoms in total. The van der Waals surface area contributed by atoms with Crippen molar-refractivity contribution in [2.75, 3.05) is 34.1 Å². The lowest BCUT2D eigenvalue weighted by atomic mass is 10.2. The maximum absolute atomic E-state index is 11.9. The monoisotopic (exact) mass is 353 g/mol. The van der Waals surface area contributed by atoms with Crippen LogP contribution >= 0.6 is 11.6 Å². The van der Waals surface area contributed by atoms with Crippen LogP contribution in [0.2, 0.25) is 0 Å². The van der Waals surface area contributed by atoms with Crippen LogP contribution in [0.3, 0.4) is 0 Å². The molecule has 0 saturated carbocycles. The predicted octanol–water partition coefficient (Wildman–Crippen LogP) is -0.183. The molecule has 0 unspecified atom stereocenters. The third kappa shape index (κ3) is 10.1. The van der Waals surface area contributed by atoms with Gasteiger partial charge in [0.1, 0.15) is 13.1 Å². The standard InChI is InChI=1S/C12H16ClNO9/c1-20-10(17)5-14(6-11(18)21-2)8(15)3-4-9(16)22-7-23-12(13)19/h3-7H2,1-2H3. The smallest absolute Gasteiger partial charge is 0.406 e.